The quantitative estimate of drug-likeness (QED) is 0.622. The molecule has 3 N–H and O–H groups in total. The van der Waals surface area contributed by atoms with E-state index in [4.69, 9.17) is 10.5 Å². The molecule has 0 spiro atoms. The second-order valence-electron chi connectivity index (χ2n) is 4.69. The van der Waals surface area contributed by atoms with Crippen molar-refractivity contribution in [1.82, 2.24) is 0 Å². The van der Waals surface area contributed by atoms with Crippen molar-refractivity contribution in [2.45, 2.75) is 39.2 Å². The van der Waals surface area contributed by atoms with Crippen molar-refractivity contribution < 1.29 is 9.53 Å². The number of nitrogen functional groups attached to an aromatic ring is 1. The van der Waals surface area contributed by atoms with E-state index < -0.39 is 0 Å². The number of rotatable bonds is 5. The van der Waals surface area contributed by atoms with Crippen LogP contribution in [0.2, 0.25) is 0 Å². The van der Waals surface area contributed by atoms with E-state index in [1.807, 2.05) is 0 Å². The minimum atomic E-state index is -0.354. The third-order valence-corrected chi connectivity index (χ3v) is 3.47. The van der Waals surface area contributed by atoms with Crippen molar-refractivity contribution in [3.05, 3.63) is 23.8 Å². The molecule has 100 valence electrons. The van der Waals surface area contributed by atoms with Crippen molar-refractivity contribution in [2.75, 3.05) is 18.2 Å². The van der Waals surface area contributed by atoms with Crippen molar-refractivity contribution in [3.63, 3.8) is 0 Å². The van der Waals surface area contributed by atoms with Gasteiger partial charge in [-0.05, 0) is 38.0 Å². The summed E-state index contributed by atoms with van der Waals surface area (Å²) in [5, 5.41) is 3.41. The molecule has 0 amide bonds. The molecular weight excluding hydrogens is 228 g/mol. The van der Waals surface area contributed by atoms with E-state index in [1.165, 1.54) is 7.11 Å². The van der Waals surface area contributed by atoms with Crippen LogP contribution in [-0.4, -0.2) is 18.6 Å². The summed E-state index contributed by atoms with van der Waals surface area (Å²) < 4.78 is 4.71. The first kappa shape index (κ1) is 14.4. The molecule has 0 atom stereocenters. The van der Waals surface area contributed by atoms with E-state index >= 15 is 0 Å². The summed E-state index contributed by atoms with van der Waals surface area (Å²) in [5.41, 5.74) is 7.83. The molecule has 0 saturated carbocycles. The second-order valence-corrected chi connectivity index (χ2v) is 4.69. The summed E-state index contributed by atoms with van der Waals surface area (Å²) >= 11 is 0. The predicted molar refractivity (Wildman–Crippen MR) is 74.8 cm³/mol. The highest BCUT2D eigenvalue weighted by Crippen LogP contribution is 2.27. The Morgan fingerprint density at radius 2 is 2.00 bits per heavy atom. The first-order valence-corrected chi connectivity index (χ1v) is 6.21. The van der Waals surface area contributed by atoms with Gasteiger partial charge in [0.1, 0.15) is 0 Å². The van der Waals surface area contributed by atoms with Crippen LogP contribution >= 0.6 is 0 Å². The first-order valence-electron chi connectivity index (χ1n) is 6.21. The van der Waals surface area contributed by atoms with Crippen LogP contribution in [0.15, 0.2) is 18.2 Å². The number of hydrogen-bond acceptors (Lipinski definition) is 4. The number of nitrogens with two attached hydrogens (primary N) is 1. The van der Waals surface area contributed by atoms with E-state index in [0.717, 1.165) is 18.5 Å². The van der Waals surface area contributed by atoms with Crippen LogP contribution in [0.3, 0.4) is 0 Å². The Kier molecular flexibility index (Phi) is 4.59. The van der Waals surface area contributed by atoms with Gasteiger partial charge in [-0.3, -0.25) is 0 Å². The number of benzene rings is 1. The Labute approximate surface area is 109 Å². The maximum atomic E-state index is 11.5. The van der Waals surface area contributed by atoms with Gasteiger partial charge in [-0.25, -0.2) is 4.79 Å². The Bertz CT molecular complexity index is 426. The molecule has 0 aliphatic carbocycles. The van der Waals surface area contributed by atoms with Crippen molar-refractivity contribution in [2.24, 2.45) is 0 Å². The number of esters is 1. The normalized spacial score (nSPS) is 11.1. The van der Waals surface area contributed by atoms with Crippen LogP contribution in [0.4, 0.5) is 11.4 Å². The Hall–Kier alpha value is -1.71. The molecule has 4 heteroatoms. The van der Waals surface area contributed by atoms with Gasteiger partial charge in [0.25, 0.3) is 0 Å². The zero-order valence-corrected chi connectivity index (χ0v) is 11.5. The molecule has 0 bridgehead atoms. The van der Waals surface area contributed by atoms with Crippen LogP contribution in [0.5, 0.6) is 0 Å². The van der Waals surface area contributed by atoms with Gasteiger partial charge in [-0.1, -0.05) is 13.8 Å². The van der Waals surface area contributed by atoms with Gasteiger partial charge >= 0.3 is 5.97 Å². The fourth-order valence-corrected chi connectivity index (χ4v) is 1.66. The van der Waals surface area contributed by atoms with Gasteiger partial charge in [-0.15, -0.1) is 0 Å². The van der Waals surface area contributed by atoms with Crippen LogP contribution in [-0.2, 0) is 4.74 Å². The SMILES string of the molecule is CCC(C)(CC)Nc1cc(C(=O)OC)ccc1N. The van der Waals surface area contributed by atoms with Crippen LogP contribution in [0.1, 0.15) is 44.0 Å². The summed E-state index contributed by atoms with van der Waals surface area (Å²) in [6.07, 6.45) is 1.96. The lowest BCUT2D eigenvalue weighted by atomic mass is 9.95. The van der Waals surface area contributed by atoms with Crippen molar-refractivity contribution >= 4 is 17.3 Å². The lowest BCUT2D eigenvalue weighted by Gasteiger charge is -2.30. The largest absolute Gasteiger partial charge is 0.465 e. The van der Waals surface area contributed by atoms with E-state index in [1.54, 1.807) is 18.2 Å². The number of nitrogens with one attached hydrogen (secondary N) is 1. The lowest BCUT2D eigenvalue weighted by molar-refractivity contribution is 0.0601. The molecule has 18 heavy (non-hydrogen) atoms. The van der Waals surface area contributed by atoms with Crippen molar-refractivity contribution in [3.8, 4) is 0 Å². The number of hydrogen-bond donors (Lipinski definition) is 2. The summed E-state index contributed by atoms with van der Waals surface area (Å²) in [6, 6.07) is 5.13. The molecule has 0 radical (unpaired) electrons. The van der Waals surface area contributed by atoms with Crippen LogP contribution < -0.4 is 11.1 Å². The second kappa shape index (κ2) is 5.76. The highest BCUT2D eigenvalue weighted by atomic mass is 16.5. The standard InChI is InChI=1S/C14H22N2O2/c1-5-14(3,6-2)16-12-9-10(13(17)18-4)7-8-11(12)15/h7-9,16H,5-6,15H2,1-4H3. The Morgan fingerprint density at radius 1 is 1.39 bits per heavy atom. The maximum Gasteiger partial charge on any atom is 0.337 e. The average molecular weight is 250 g/mol. The third-order valence-electron chi connectivity index (χ3n) is 3.47. The number of carbonyl (C=O) groups is 1. The van der Waals surface area contributed by atoms with E-state index in [2.05, 4.69) is 26.1 Å². The Morgan fingerprint density at radius 3 is 2.50 bits per heavy atom. The highest BCUT2D eigenvalue weighted by molar-refractivity contribution is 5.92. The first-order chi connectivity index (χ1) is 8.45. The average Bonchev–Trinajstić information content (AvgIpc) is 2.40. The molecule has 1 aromatic carbocycles. The minimum absolute atomic E-state index is 0.0249. The summed E-state index contributed by atoms with van der Waals surface area (Å²) in [7, 11) is 1.37. The third kappa shape index (κ3) is 3.15. The molecule has 0 aliphatic heterocycles. The number of carbonyl (C=O) groups excluding carboxylic acids is 1. The van der Waals surface area contributed by atoms with Crippen LogP contribution in [0, 0.1) is 0 Å². The van der Waals surface area contributed by atoms with Gasteiger partial charge in [0, 0.05) is 5.54 Å². The Balaban J connectivity index is 3.04. The molecule has 1 rings (SSSR count). The number of ether oxygens (including phenoxy) is 1. The zero-order chi connectivity index (χ0) is 13.8. The molecule has 0 unspecified atom stereocenters. The molecule has 0 fully saturated rings. The van der Waals surface area contributed by atoms with E-state index in [0.29, 0.717) is 11.3 Å². The summed E-state index contributed by atoms with van der Waals surface area (Å²) in [6.45, 7) is 6.38. The van der Waals surface area contributed by atoms with Gasteiger partial charge in [0.2, 0.25) is 0 Å². The molecule has 0 aliphatic rings. The molecule has 0 aromatic heterocycles. The number of methoxy groups -OCH3 is 1. The zero-order valence-electron chi connectivity index (χ0n) is 11.5. The molecule has 4 nitrogen and oxygen atoms in total. The van der Waals surface area contributed by atoms with E-state index in [9.17, 15) is 4.79 Å². The minimum Gasteiger partial charge on any atom is -0.465 e. The lowest BCUT2D eigenvalue weighted by Crippen LogP contribution is -2.33. The van der Waals surface area contributed by atoms with Gasteiger partial charge in [0.05, 0.1) is 24.0 Å². The van der Waals surface area contributed by atoms with Gasteiger partial charge in [-0.2, -0.15) is 0 Å². The molecule has 1 aromatic rings. The fraction of sp³-hybridized carbons (Fsp3) is 0.500. The van der Waals surface area contributed by atoms with Gasteiger partial charge < -0.3 is 15.8 Å². The summed E-state index contributed by atoms with van der Waals surface area (Å²) in [5.74, 6) is -0.354. The van der Waals surface area contributed by atoms with Crippen molar-refractivity contribution in [1.29, 1.82) is 0 Å². The highest BCUT2D eigenvalue weighted by Gasteiger charge is 2.20. The topological polar surface area (TPSA) is 64.3 Å². The van der Waals surface area contributed by atoms with Gasteiger partial charge in [0.15, 0.2) is 0 Å². The molecular formula is C14H22N2O2. The molecule has 0 heterocycles. The van der Waals surface area contributed by atoms with Crippen LogP contribution in [0.25, 0.3) is 0 Å². The number of anilines is 2. The summed E-state index contributed by atoms with van der Waals surface area (Å²) in [4.78, 5) is 11.5. The fourth-order valence-electron chi connectivity index (χ4n) is 1.66. The predicted octanol–water partition coefficient (Wildman–Crippen LogP) is 3.05. The monoisotopic (exact) mass is 250 g/mol. The van der Waals surface area contributed by atoms with E-state index in [-0.39, 0.29) is 11.5 Å². The smallest absolute Gasteiger partial charge is 0.337 e. The molecule has 0 saturated heterocycles. The maximum absolute atomic E-state index is 11.5.